The number of carbonyl (C=O) groups excluding carboxylic acids is 2. The number of nitrogens with one attached hydrogen (secondary N) is 1. The molecule has 0 saturated carbocycles. The van der Waals surface area contributed by atoms with Gasteiger partial charge in [0.1, 0.15) is 17.9 Å². The molecular formula is C24H15Cl3N2O3S. The SMILES string of the molecule is O=C1NC(=S)N(c2ccccc2)C(=O)/C1=C\c1cc(Cl)ccc1OCc1ccc(Cl)cc1Cl. The van der Waals surface area contributed by atoms with Crippen molar-refractivity contribution in [3.8, 4) is 5.75 Å². The normalized spacial score (nSPS) is 15.1. The molecule has 1 aliphatic heterocycles. The Hall–Kier alpha value is -2.90. The van der Waals surface area contributed by atoms with Crippen molar-refractivity contribution in [2.75, 3.05) is 4.90 Å². The summed E-state index contributed by atoms with van der Waals surface area (Å²) in [6, 6.07) is 18.8. The summed E-state index contributed by atoms with van der Waals surface area (Å²) in [6.45, 7) is 0.147. The van der Waals surface area contributed by atoms with Gasteiger partial charge in [-0.2, -0.15) is 0 Å². The van der Waals surface area contributed by atoms with Gasteiger partial charge in [0.15, 0.2) is 5.11 Å². The van der Waals surface area contributed by atoms with E-state index in [1.165, 1.54) is 11.0 Å². The number of amides is 2. The van der Waals surface area contributed by atoms with E-state index in [1.54, 1.807) is 60.7 Å². The van der Waals surface area contributed by atoms with Crippen molar-refractivity contribution in [3.05, 3.63) is 98.5 Å². The zero-order valence-electron chi connectivity index (χ0n) is 16.8. The highest BCUT2D eigenvalue weighted by atomic mass is 35.5. The summed E-state index contributed by atoms with van der Waals surface area (Å²) in [5, 5.41) is 3.96. The number of benzene rings is 3. The lowest BCUT2D eigenvalue weighted by Gasteiger charge is -2.29. The van der Waals surface area contributed by atoms with Crippen LogP contribution in [0.3, 0.4) is 0 Å². The predicted molar refractivity (Wildman–Crippen MR) is 135 cm³/mol. The summed E-state index contributed by atoms with van der Waals surface area (Å²) in [7, 11) is 0. The number of para-hydroxylation sites is 1. The number of hydrogen-bond donors (Lipinski definition) is 1. The Bertz CT molecular complexity index is 1300. The van der Waals surface area contributed by atoms with Gasteiger partial charge >= 0.3 is 0 Å². The van der Waals surface area contributed by atoms with Crippen molar-refractivity contribution in [3.63, 3.8) is 0 Å². The molecule has 1 aliphatic rings. The first kappa shape index (κ1) is 23.3. The Morgan fingerprint density at radius 3 is 2.36 bits per heavy atom. The average molecular weight is 518 g/mol. The molecule has 33 heavy (non-hydrogen) atoms. The van der Waals surface area contributed by atoms with Crippen molar-refractivity contribution < 1.29 is 14.3 Å². The standard InChI is InChI=1S/C24H15Cl3N2O3S/c25-16-8-9-21(32-13-14-6-7-17(26)12-20(14)27)15(10-16)11-19-22(30)28-24(33)29(23(19)31)18-4-2-1-3-5-18/h1-12H,13H2,(H,28,30,33)/b19-11-. The van der Waals surface area contributed by atoms with E-state index in [0.29, 0.717) is 32.1 Å². The average Bonchev–Trinajstić information content (AvgIpc) is 2.77. The predicted octanol–water partition coefficient (Wildman–Crippen LogP) is 6.06. The Morgan fingerprint density at radius 1 is 0.939 bits per heavy atom. The molecule has 166 valence electrons. The highest BCUT2D eigenvalue weighted by Crippen LogP contribution is 2.29. The molecule has 0 bridgehead atoms. The van der Waals surface area contributed by atoms with Crippen LogP contribution in [0.15, 0.2) is 72.3 Å². The topological polar surface area (TPSA) is 58.6 Å². The Labute approximate surface area is 210 Å². The van der Waals surface area contributed by atoms with Crippen molar-refractivity contribution in [2.45, 2.75) is 6.61 Å². The highest BCUT2D eigenvalue weighted by Gasteiger charge is 2.34. The maximum absolute atomic E-state index is 13.2. The first-order valence-corrected chi connectivity index (χ1v) is 11.2. The number of nitrogens with zero attached hydrogens (tertiary/aromatic N) is 1. The van der Waals surface area contributed by atoms with Crippen LogP contribution in [0.5, 0.6) is 5.75 Å². The molecule has 0 unspecified atom stereocenters. The summed E-state index contributed by atoms with van der Waals surface area (Å²) < 4.78 is 5.93. The van der Waals surface area contributed by atoms with Crippen LogP contribution < -0.4 is 15.0 Å². The number of rotatable bonds is 5. The molecule has 3 aromatic rings. The van der Waals surface area contributed by atoms with Crippen molar-refractivity contribution in [2.24, 2.45) is 0 Å². The van der Waals surface area contributed by atoms with Gasteiger partial charge in [0.25, 0.3) is 11.8 Å². The number of halogens is 3. The molecule has 0 aromatic heterocycles. The third kappa shape index (κ3) is 5.20. The molecule has 1 heterocycles. The second-order valence-electron chi connectivity index (χ2n) is 7.00. The van der Waals surface area contributed by atoms with Gasteiger partial charge in [-0.1, -0.05) is 59.1 Å². The minimum atomic E-state index is -0.608. The number of carbonyl (C=O) groups is 2. The van der Waals surface area contributed by atoms with Crippen LogP contribution in [0.1, 0.15) is 11.1 Å². The molecule has 9 heteroatoms. The van der Waals surface area contributed by atoms with E-state index < -0.39 is 11.8 Å². The molecule has 3 aromatic carbocycles. The minimum absolute atomic E-state index is 0.00768. The van der Waals surface area contributed by atoms with Gasteiger partial charge < -0.3 is 4.74 Å². The fourth-order valence-corrected chi connectivity index (χ4v) is 4.11. The summed E-state index contributed by atoms with van der Waals surface area (Å²) in [5.74, 6) is -0.747. The molecule has 5 nitrogen and oxygen atoms in total. The molecule has 0 aliphatic carbocycles. The molecule has 1 fully saturated rings. The fraction of sp³-hybridized carbons (Fsp3) is 0.0417. The van der Waals surface area contributed by atoms with E-state index in [-0.39, 0.29) is 17.3 Å². The van der Waals surface area contributed by atoms with E-state index >= 15 is 0 Å². The monoisotopic (exact) mass is 516 g/mol. The van der Waals surface area contributed by atoms with E-state index in [9.17, 15) is 9.59 Å². The van der Waals surface area contributed by atoms with Gasteiger partial charge in [-0.05, 0) is 60.8 Å². The molecule has 2 amide bonds. The lowest BCUT2D eigenvalue weighted by molar-refractivity contribution is -0.122. The summed E-state index contributed by atoms with van der Waals surface area (Å²) >= 11 is 23.6. The third-order valence-corrected chi connectivity index (χ3v) is 5.89. The van der Waals surface area contributed by atoms with Gasteiger partial charge in [0.05, 0.1) is 5.69 Å². The summed E-state index contributed by atoms with van der Waals surface area (Å²) in [4.78, 5) is 27.1. The zero-order valence-corrected chi connectivity index (χ0v) is 19.9. The molecule has 0 atom stereocenters. The van der Waals surface area contributed by atoms with Crippen LogP contribution in [-0.2, 0) is 16.2 Å². The zero-order chi connectivity index (χ0) is 23.5. The van der Waals surface area contributed by atoms with Crippen LogP contribution in [0.2, 0.25) is 15.1 Å². The van der Waals surface area contributed by atoms with Crippen LogP contribution >= 0.6 is 47.0 Å². The van der Waals surface area contributed by atoms with Gasteiger partial charge in [0, 0.05) is 26.2 Å². The van der Waals surface area contributed by atoms with E-state index in [0.717, 1.165) is 5.56 Å². The fourth-order valence-electron chi connectivity index (χ4n) is 3.18. The molecule has 1 N–H and O–H groups in total. The first-order valence-electron chi connectivity index (χ1n) is 9.66. The Balaban J connectivity index is 1.67. The highest BCUT2D eigenvalue weighted by molar-refractivity contribution is 7.80. The van der Waals surface area contributed by atoms with Crippen LogP contribution in [-0.4, -0.2) is 16.9 Å². The minimum Gasteiger partial charge on any atom is -0.488 e. The number of anilines is 1. The van der Waals surface area contributed by atoms with Crippen LogP contribution in [0, 0.1) is 0 Å². The van der Waals surface area contributed by atoms with E-state index in [1.807, 2.05) is 6.07 Å². The van der Waals surface area contributed by atoms with Gasteiger partial charge in [-0.25, -0.2) is 0 Å². The van der Waals surface area contributed by atoms with Gasteiger partial charge in [-0.3, -0.25) is 19.8 Å². The molecule has 1 saturated heterocycles. The van der Waals surface area contributed by atoms with Crippen molar-refractivity contribution in [1.29, 1.82) is 0 Å². The molecule has 0 radical (unpaired) electrons. The Kier molecular flexibility index (Phi) is 7.00. The first-order chi connectivity index (χ1) is 15.8. The Morgan fingerprint density at radius 2 is 1.64 bits per heavy atom. The maximum atomic E-state index is 13.2. The van der Waals surface area contributed by atoms with Gasteiger partial charge in [0.2, 0.25) is 0 Å². The number of hydrogen-bond acceptors (Lipinski definition) is 4. The largest absolute Gasteiger partial charge is 0.488 e. The molecule has 0 spiro atoms. The van der Waals surface area contributed by atoms with Gasteiger partial charge in [-0.15, -0.1) is 0 Å². The maximum Gasteiger partial charge on any atom is 0.270 e. The molecular weight excluding hydrogens is 503 g/mol. The molecule has 4 rings (SSSR count). The second kappa shape index (κ2) is 9.93. The third-order valence-electron chi connectivity index (χ3n) is 4.79. The lowest BCUT2D eigenvalue weighted by atomic mass is 10.1. The number of thiocarbonyl (C=S) groups is 1. The lowest BCUT2D eigenvalue weighted by Crippen LogP contribution is -2.54. The van der Waals surface area contributed by atoms with E-state index in [2.05, 4.69) is 5.32 Å². The van der Waals surface area contributed by atoms with Crippen molar-refractivity contribution >= 4 is 75.7 Å². The van der Waals surface area contributed by atoms with Crippen LogP contribution in [0.25, 0.3) is 6.08 Å². The van der Waals surface area contributed by atoms with Crippen molar-refractivity contribution in [1.82, 2.24) is 5.32 Å². The van der Waals surface area contributed by atoms with Crippen LogP contribution in [0.4, 0.5) is 5.69 Å². The summed E-state index contributed by atoms with van der Waals surface area (Å²) in [5.41, 5.74) is 1.61. The number of ether oxygens (including phenoxy) is 1. The summed E-state index contributed by atoms with van der Waals surface area (Å²) in [6.07, 6.45) is 1.43. The quantitative estimate of drug-likeness (QED) is 0.254. The smallest absolute Gasteiger partial charge is 0.270 e. The second-order valence-corrected chi connectivity index (χ2v) is 8.67. The van der Waals surface area contributed by atoms with E-state index in [4.69, 9.17) is 51.8 Å².